The van der Waals surface area contributed by atoms with E-state index >= 15 is 0 Å². The SMILES string of the molecule is CN(C)c1cc(N(C2CC2)C2CCN(S(=O)(=O)c3cnoc3)CC2)ncn1. The van der Waals surface area contributed by atoms with Crippen LogP contribution in [0, 0.1) is 0 Å². The molecule has 2 aromatic heterocycles. The van der Waals surface area contributed by atoms with E-state index in [2.05, 4.69) is 20.0 Å². The lowest BCUT2D eigenvalue weighted by atomic mass is 10.0. The Hall–Kier alpha value is -2.20. The molecule has 1 saturated heterocycles. The molecule has 1 aliphatic heterocycles. The summed E-state index contributed by atoms with van der Waals surface area (Å²) in [6.45, 7) is 0.958. The molecule has 2 aliphatic rings. The molecule has 3 heterocycles. The maximum atomic E-state index is 12.6. The molecule has 0 spiro atoms. The zero-order valence-electron chi connectivity index (χ0n) is 15.5. The molecule has 0 radical (unpaired) electrons. The van der Waals surface area contributed by atoms with Crippen molar-refractivity contribution < 1.29 is 12.9 Å². The lowest BCUT2D eigenvalue weighted by molar-refractivity contribution is 0.308. The Kier molecular flexibility index (Phi) is 4.77. The van der Waals surface area contributed by atoms with Gasteiger partial charge in [-0.05, 0) is 25.7 Å². The summed E-state index contributed by atoms with van der Waals surface area (Å²) in [4.78, 5) is 13.3. The highest BCUT2D eigenvalue weighted by atomic mass is 32.2. The molecule has 4 rings (SSSR count). The summed E-state index contributed by atoms with van der Waals surface area (Å²) < 4.78 is 31.5. The molecule has 9 nitrogen and oxygen atoms in total. The maximum Gasteiger partial charge on any atom is 0.247 e. The summed E-state index contributed by atoms with van der Waals surface area (Å²) in [5.74, 6) is 1.80. The largest absolute Gasteiger partial charge is 0.363 e. The highest BCUT2D eigenvalue weighted by molar-refractivity contribution is 7.89. The van der Waals surface area contributed by atoms with Crippen molar-refractivity contribution in [1.29, 1.82) is 0 Å². The molecule has 1 aliphatic carbocycles. The smallest absolute Gasteiger partial charge is 0.247 e. The van der Waals surface area contributed by atoms with Crippen LogP contribution in [0.15, 0.2) is 34.3 Å². The number of rotatable bonds is 6. The average molecular weight is 392 g/mol. The average Bonchev–Trinajstić information content (AvgIpc) is 3.33. The number of piperidine rings is 1. The zero-order valence-corrected chi connectivity index (χ0v) is 16.3. The molecule has 0 aromatic carbocycles. The van der Waals surface area contributed by atoms with Crippen LogP contribution in [0.4, 0.5) is 11.6 Å². The summed E-state index contributed by atoms with van der Waals surface area (Å²) in [6.07, 6.45) is 7.88. The van der Waals surface area contributed by atoms with Gasteiger partial charge < -0.3 is 14.3 Å². The van der Waals surface area contributed by atoms with Gasteiger partial charge in [0, 0.05) is 45.3 Å². The third-order valence-electron chi connectivity index (χ3n) is 5.17. The maximum absolute atomic E-state index is 12.6. The topological polar surface area (TPSA) is 95.7 Å². The highest BCUT2D eigenvalue weighted by Crippen LogP contribution is 2.36. The standard InChI is InChI=1S/C17H24N6O3S/c1-21(2)16-9-17(19-12-18-16)23(13-3-4-13)14-5-7-22(8-6-14)27(24,25)15-10-20-26-11-15/h9-14H,3-8H2,1-2H3. The van der Waals surface area contributed by atoms with Crippen LogP contribution in [0.25, 0.3) is 0 Å². The van der Waals surface area contributed by atoms with E-state index in [0.717, 1.165) is 37.3 Å². The van der Waals surface area contributed by atoms with E-state index in [-0.39, 0.29) is 10.9 Å². The predicted molar refractivity (Wildman–Crippen MR) is 100 cm³/mol. The van der Waals surface area contributed by atoms with Crippen LogP contribution in [-0.2, 0) is 10.0 Å². The number of hydrogen-bond donors (Lipinski definition) is 0. The molecular formula is C17H24N6O3S. The van der Waals surface area contributed by atoms with Crippen molar-refractivity contribution in [1.82, 2.24) is 19.4 Å². The molecule has 0 amide bonds. The molecule has 0 atom stereocenters. The Morgan fingerprint density at radius 2 is 1.74 bits per heavy atom. The zero-order chi connectivity index (χ0) is 19.0. The minimum Gasteiger partial charge on any atom is -0.363 e. The van der Waals surface area contributed by atoms with Gasteiger partial charge in [-0.15, -0.1) is 0 Å². The van der Waals surface area contributed by atoms with Gasteiger partial charge in [-0.1, -0.05) is 5.16 Å². The van der Waals surface area contributed by atoms with Gasteiger partial charge in [-0.3, -0.25) is 0 Å². The molecule has 1 saturated carbocycles. The van der Waals surface area contributed by atoms with Crippen molar-refractivity contribution in [2.75, 3.05) is 37.0 Å². The van der Waals surface area contributed by atoms with Crippen molar-refractivity contribution >= 4 is 21.7 Å². The quantitative estimate of drug-likeness (QED) is 0.727. The van der Waals surface area contributed by atoms with E-state index in [0.29, 0.717) is 19.1 Å². The molecule has 2 fully saturated rings. The van der Waals surface area contributed by atoms with Crippen molar-refractivity contribution in [2.24, 2.45) is 0 Å². The Balaban J connectivity index is 1.50. The first-order chi connectivity index (χ1) is 13.0. The number of sulfonamides is 1. The molecule has 10 heteroatoms. The second-order valence-electron chi connectivity index (χ2n) is 7.26. The number of nitrogens with zero attached hydrogens (tertiary/aromatic N) is 6. The molecule has 27 heavy (non-hydrogen) atoms. The lowest BCUT2D eigenvalue weighted by Gasteiger charge is -2.39. The van der Waals surface area contributed by atoms with Gasteiger partial charge in [-0.2, -0.15) is 4.31 Å². The van der Waals surface area contributed by atoms with E-state index in [9.17, 15) is 8.42 Å². The van der Waals surface area contributed by atoms with E-state index in [1.165, 1.54) is 16.8 Å². The van der Waals surface area contributed by atoms with Crippen molar-refractivity contribution in [3.8, 4) is 0 Å². The first-order valence-electron chi connectivity index (χ1n) is 9.14. The highest BCUT2D eigenvalue weighted by Gasteiger charge is 2.38. The Labute approximate surface area is 159 Å². The summed E-state index contributed by atoms with van der Waals surface area (Å²) in [6, 6.07) is 2.77. The molecule has 0 N–H and O–H groups in total. The van der Waals surface area contributed by atoms with Crippen LogP contribution in [0.3, 0.4) is 0 Å². The summed E-state index contributed by atoms with van der Waals surface area (Å²) >= 11 is 0. The van der Waals surface area contributed by atoms with Gasteiger partial charge >= 0.3 is 0 Å². The van der Waals surface area contributed by atoms with Crippen LogP contribution in [-0.4, -0.2) is 67.1 Å². The first kappa shape index (κ1) is 18.2. The third-order valence-corrected chi connectivity index (χ3v) is 7.01. The normalized spacial score (nSPS) is 19.2. The van der Waals surface area contributed by atoms with Gasteiger partial charge in [0.1, 0.15) is 29.1 Å². The van der Waals surface area contributed by atoms with Gasteiger partial charge in [0.25, 0.3) is 0 Å². The lowest BCUT2D eigenvalue weighted by Crippen LogP contribution is -2.48. The van der Waals surface area contributed by atoms with Crippen LogP contribution in [0.5, 0.6) is 0 Å². The Bertz CT molecular complexity index is 874. The fraction of sp³-hybridized carbons (Fsp3) is 0.588. The van der Waals surface area contributed by atoms with E-state index in [1.54, 1.807) is 6.33 Å². The van der Waals surface area contributed by atoms with Crippen molar-refractivity contribution in [3.63, 3.8) is 0 Å². The third kappa shape index (κ3) is 3.63. The summed E-state index contributed by atoms with van der Waals surface area (Å²) in [5.41, 5.74) is 0. The minimum atomic E-state index is -3.53. The summed E-state index contributed by atoms with van der Waals surface area (Å²) in [5, 5.41) is 3.51. The van der Waals surface area contributed by atoms with Gasteiger partial charge in [0.15, 0.2) is 0 Å². The van der Waals surface area contributed by atoms with Crippen molar-refractivity contribution in [3.05, 3.63) is 24.9 Å². The van der Waals surface area contributed by atoms with Gasteiger partial charge in [0.2, 0.25) is 10.0 Å². The molecule has 0 bridgehead atoms. The van der Waals surface area contributed by atoms with Crippen LogP contribution in [0.1, 0.15) is 25.7 Å². The molecular weight excluding hydrogens is 368 g/mol. The van der Waals surface area contributed by atoms with E-state index < -0.39 is 10.0 Å². The van der Waals surface area contributed by atoms with Crippen LogP contribution in [0.2, 0.25) is 0 Å². The monoisotopic (exact) mass is 392 g/mol. The molecule has 146 valence electrons. The number of aromatic nitrogens is 3. The van der Waals surface area contributed by atoms with E-state index in [4.69, 9.17) is 4.52 Å². The summed E-state index contributed by atoms with van der Waals surface area (Å²) in [7, 11) is 0.391. The Morgan fingerprint density at radius 1 is 1.07 bits per heavy atom. The number of anilines is 2. The van der Waals surface area contributed by atoms with Gasteiger partial charge in [0.05, 0.1) is 6.20 Å². The predicted octanol–water partition coefficient (Wildman–Crippen LogP) is 1.35. The Morgan fingerprint density at radius 3 is 2.33 bits per heavy atom. The second kappa shape index (κ2) is 7.08. The number of hydrogen-bond acceptors (Lipinski definition) is 8. The first-order valence-corrected chi connectivity index (χ1v) is 10.6. The van der Waals surface area contributed by atoms with E-state index in [1.807, 2.05) is 25.1 Å². The molecule has 0 unspecified atom stereocenters. The fourth-order valence-corrected chi connectivity index (χ4v) is 4.91. The van der Waals surface area contributed by atoms with Crippen molar-refractivity contribution in [2.45, 2.75) is 42.7 Å². The fourth-order valence-electron chi connectivity index (χ4n) is 3.58. The second-order valence-corrected chi connectivity index (χ2v) is 9.20. The van der Waals surface area contributed by atoms with Crippen LogP contribution >= 0.6 is 0 Å². The van der Waals surface area contributed by atoms with Gasteiger partial charge in [-0.25, -0.2) is 18.4 Å². The molecule has 2 aromatic rings. The van der Waals surface area contributed by atoms with Crippen LogP contribution < -0.4 is 9.80 Å². The minimum absolute atomic E-state index is 0.117.